The van der Waals surface area contributed by atoms with Gasteiger partial charge in [-0.05, 0) is 48.0 Å². The summed E-state index contributed by atoms with van der Waals surface area (Å²) in [5.74, 6) is -1.98. The number of carbonyl (C=O) groups excluding carboxylic acids is 2. The molecule has 0 saturated heterocycles. The van der Waals surface area contributed by atoms with E-state index in [9.17, 15) is 18.4 Å². The zero-order valence-corrected chi connectivity index (χ0v) is 18.0. The van der Waals surface area contributed by atoms with E-state index in [0.717, 1.165) is 23.0 Å². The van der Waals surface area contributed by atoms with Crippen LogP contribution in [0, 0.1) is 11.6 Å². The zero-order chi connectivity index (χ0) is 23.2. The topological polar surface area (TPSA) is 84.0 Å². The summed E-state index contributed by atoms with van der Waals surface area (Å²) in [7, 11) is 0. The Hall–Kier alpha value is -3.98. The molecule has 0 aliphatic rings. The van der Waals surface area contributed by atoms with Crippen LogP contribution in [0.3, 0.4) is 0 Å². The largest absolute Gasteiger partial charge is 0.340 e. The molecule has 4 aromatic rings. The lowest BCUT2D eigenvalue weighted by Crippen LogP contribution is -2.45. The van der Waals surface area contributed by atoms with Gasteiger partial charge in [-0.2, -0.15) is 0 Å². The molecule has 6 nitrogen and oxygen atoms in total. The van der Waals surface area contributed by atoms with Crippen molar-refractivity contribution in [3.63, 3.8) is 0 Å². The maximum absolute atomic E-state index is 13.5. The molecule has 0 saturated carbocycles. The highest BCUT2D eigenvalue weighted by Crippen LogP contribution is 2.26. The van der Waals surface area contributed by atoms with Gasteiger partial charge in [-0.3, -0.25) is 14.9 Å². The van der Waals surface area contributed by atoms with Crippen LogP contribution >= 0.6 is 11.3 Å². The van der Waals surface area contributed by atoms with Gasteiger partial charge >= 0.3 is 0 Å². The van der Waals surface area contributed by atoms with Crippen molar-refractivity contribution >= 4 is 28.3 Å². The number of anilines is 1. The highest BCUT2D eigenvalue weighted by atomic mass is 32.1. The van der Waals surface area contributed by atoms with Crippen molar-refractivity contribution in [1.82, 2.24) is 15.5 Å². The van der Waals surface area contributed by atoms with Crippen LogP contribution < -0.4 is 10.6 Å². The van der Waals surface area contributed by atoms with E-state index in [4.69, 9.17) is 0 Å². The van der Waals surface area contributed by atoms with Gasteiger partial charge in [0.25, 0.3) is 5.91 Å². The Bertz CT molecular complexity index is 1260. The summed E-state index contributed by atoms with van der Waals surface area (Å²) in [5, 5.41) is 14.1. The van der Waals surface area contributed by atoms with Crippen LogP contribution in [-0.4, -0.2) is 28.1 Å². The lowest BCUT2D eigenvalue weighted by atomic mass is 10.0. The highest BCUT2D eigenvalue weighted by Gasteiger charge is 2.23. The molecule has 9 heteroatoms. The standard InChI is InChI=1S/C24H18F2N4O2S/c25-18-11-9-16(10-12-18)23-29-30-24(33-23)28-22(32)20(13-15-5-2-1-3-6-15)27-21(31)17-7-4-8-19(26)14-17/h1-12,14,20H,13H2,(H,27,31)(H,28,30,32)/t20-/m0/s1. The third-order valence-corrected chi connectivity index (χ3v) is 5.63. The van der Waals surface area contributed by atoms with Crippen LogP contribution in [0.5, 0.6) is 0 Å². The minimum atomic E-state index is -0.943. The van der Waals surface area contributed by atoms with Crippen LogP contribution in [-0.2, 0) is 11.2 Å². The Kier molecular flexibility index (Phi) is 6.80. The zero-order valence-electron chi connectivity index (χ0n) is 17.2. The molecule has 1 heterocycles. The van der Waals surface area contributed by atoms with Crippen molar-refractivity contribution in [2.45, 2.75) is 12.5 Å². The molecule has 1 atom stereocenters. The highest BCUT2D eigenvalue weighted by molar-refractivity contribution is 7.18. The van der Waals surface area contributed by atoms with Crippen molar-refractivity contribution in [3.05, 3.63) is 102 Å². The van der Waals surface area contributed by atoms with Gasteiger partial charge in [0.2, 0.25) is 11.0 Å². The van der Waals surface area contributed by atoms with Crippen LogP contribution in [0.1, 0.15) is 15.9 Å². The Morgan fingerprint density at radius 1 is 0.879 bits per heavy atom. The number of hydrogen-bond donors (Lipinski definition) is 2. The van der Waals surface area contributed by atoms with Crippen LogP contribution in [0.15, 0.2) is 78.9 Å². The molecule has 0 fully saturated rings. The fraction of sp³-hybridized carbons (Fsp3) is 0.0833. The second-order valence-electron chi connectivity index (χ2n) is 7.13. The Balaban J connectivity index is 1.51. The van der Waals surface area contributed by atoms with Gasteiger partial charge in [-0.1, -0.05) is 47.7 Å². The third kappa shape index (κ3) is 5.83. The molecular formula is C24H18F2N4O2S. The van der Waals surface area contributed by atoms with E-state index in [0.29, 0.717) is 10.6 Å². The van der Waals surface area contributed by atoms with E-state index in [1.165, 1.54) is 30.3 Å². The number of benzene rings is 3. The molecule has 2 N–H and O–H groups in total. The summed E-state index contributed by atoms with van der Waals surface area (Å²) in [6.07, 6.45) is 0.220. The predicted molar refractivity (Wildman–Crippen MR) is 122 cm³/mol. The van der Waals surface area contributed by atoms with E-state index in [1.54, 1.807) is 12.1 Å². The molecule has 166 valence electrons. The molecule has 0 aliphatic heterocycles. The molecule has 0 bridgehead atoms. The first-order chi connectivity index (χ1) is 16.0. The van der Waals surface area contributed by atoms with Crippen molar-refractivity contribution in [2.75, 3.05) is 5.32 Å². The first kappa shape index (κ1) is 22.2. The number of aromatic nitrogens is 2. The van der Waals surface area contributed by atoms with Crippen LogP contribution in [0.25, 0.3) is 10.6 Å². The number of halogens is 2. The molecular weight excluding hydrogens is 446 g/mol. The number of carbonyl (C=O) groups is 2. The SMILES string of the molecule is O=C(N[C@@H](Cc1ccccc1)C(=O)Nc1nnc(-c2ccc(F)cc2)s1)c1cccc(F)c1. The van der Waals surface area contributed by atoms with Gasteiger partial charge in [-0.15, -0.1) is 10.2 Å². The molecule has 3 aromatic carbocycles. The normalized spacial score (nSPS) is 11.6. The van der Waals surface area contributed by atoms with Gasteiger partial charge in [0.05, 0.1) is 0 Å². The first-order valence-corrected chi connectivity index (χ1v) is 10.8. The van der Waals surface area contributed by atoms with Crippen molar-refractivity contribution in [3.8, 4) is 10.6 Å². The molecule has 33 heavy (non-hydrogen) atoms. The first-order valence-electron chi connectivity index (χ1n) is 9.98. The maximum Gasteiger partial charge on any atom is 0.252 e. The number of hydrogen-bond acceptors (Lipinski definition) is 5. The van der Waals surface area contributed by atoms with Crippen LogP contribution in [0.4, 0.5) is 13.9 Å². The lowest BCUT2D eigenvalue weighted by Gasteiger charge is -2.18. The van der Waals surface area contributed by atoms with Gasteiger partial charge < -0.3 is 5.32 Å². The smallest absolute Gasteiger partial charge is 0.252 e. The van der Waals surface area contributed by atoms with Crippen molar-refractivity contribution in [1.29, 1.82) is 0 Å². The Morgan fingerprint density at radius 3 is 2.36 bits per heavy atom. The molecule has 0 spiro atoms. The molecule has 1 aromatic heterocycles. The van der Waals surface area contributed by atoms with E-state index in [-0.39, 0.29) is 22.9 Å². The number of nitrogens with one attached hydrogen (secondary N) is 2. The van der Waals surface area contributed by atoms with E-state index in [1.807, 2.05) is 30.3 Å². The van der Waals surface area contributed by atoms with Gasteiger partial charge in [0, 0.05) is 17.5 Å². The minimum absolute atomic E-state index is 0.107. The fourth-order valence-corrected chi connectivity index (χ4v) is 3.86. The summed E-state index contributed by atoms with van der Waals surface area (Å²) in [6, 6.07) is 19.2. The second kappa shape index (κ2) is 10.1. The van der Waals surface area contributed by atoms with Gasteiger partial charge in [0.1, 0.15) is 22.7 Å². The Labute approximate surface area is 192 Å². The summed E-state index contributed by atoms with van der Waals surface area (Å²) < 4.78 is 26.7. The fourth-order valence-electron chi connectivity index (χ4n) is 3.11. The average molecular weight is 464 g/mol. The molecule has 4 rings (SSSR count). The quantitative estimate of drug-likeness (QED) is 0.423. The summed E-state index contributed by atoms with van der Waals surface area (Å²) >= 11 is 1.12. The molecule has 0 radical (unpaired) electrons. The molecule has 0 aliphatic carbocycles. The lowest BCUT2D eigenvalue weighted by molar-refractivity contribution is -0.118. The van der Waals surface area contributed by atoms with Crippen molar-refractivity contribution < 1.29 is 18.4 Å². The number of rotatable bonds is 7. The van der Waals surface area contributed by atoms with Crippen molar-refractivity contribution in [2.24, 2.45) is 0 Å². The maximum atomic E-state index is 13.5. The third-order valence-electron chi connectivity index (χ3n) is 4.74. The second-order valence-corrected chi connectivity index (χ2v) is 8.11. The van der Waals surface area contributed by atoms with E-state index >= 15 is 0 Å². The summed E-state index contributed by atoms with van der Waals surface area (Å²) in [6.45, 7) is 0. The summed E-state index contributed by atoms with van der Waals surface area (Å²) in [4.78, 5) is 25.7. The van der Waals surface area contributed by atoms with Gasteiger partial charge in [0.15, 0.2) is 0 Å². The van der Waals surface area contributed by atoms with E-state index < -0.39 is 23.7 Å². The number of amides is 2. The summed E-state index contributed by atoms with van der Waals surface area (Å²) in [5.41, 5.74) is 1.60. The predicted octanol–water partition coefficient (Wildman–Crippen LogP) is 4.46. The van der Waals surface area contributed by atoms with Crippen LogP contribution in [0.2, 0.25) is 0 Å². The molecule has 2 amide bonds. The van der Waals surface area contributed by atoms with E-state index in [2.05, 4.69) is 20.8 Å². The number of nitrogens with zero attached hydrogens (tertiary/aromatic N) is 2. The monoisotopic (exact) mass is 464 g/mol. The Morgan fingerprint density at radius 2 is 1.64 bits per heavy atom. The molecule has 0 unspecified atom stereocenters. The average Bonchev–Trinajstić information content (AvgIpc) is 3.28. The van der Waals surface area contributed by atoms with Gasteiger partial charge in [-0.25, -0.2) is 8.78 Å². The minimum Gasteiger partial charge on any atom is -0.340 e.